The van der Waals surface area contributed by atoms with Crippen molar-refractivity contribution in [2.75, 3.05) is 40.0 Å². The number of hydrogen-bond acceptors (Lipinski definition) is 5. The Hall–Kier alpha value is -0.690. The van der Waals surface area contributed by atoms with Crippen molar-refractivity contribution in [3.8, 4) is 0 Å². The zero-order valence-electron chi connectivity index (χ0n) is 10.6. The molecule has 0 saturated heterocycles. The van der Waals surface area contributed by atoms with Gasteiger partial charge >= 0.3 is 5.97 Å². The summed E-state index contributed by atoms with van der Waals surface area (Å²) in [6.07, 6.45) is 1.77. The summed E-state index contributed by atoms with van der Waals surface area (Å²) >= 11 is 0. The van der Waals surface area contributed by atoms with E-state index in [-0.39, 0.29) is 6.54 Å². The SMILES string of the molecule is COCCOCCCCNCC(C)(O)C(=O)O. The number of carboxylic acid groups (broad SMARTS) is 1. The number of rotatable bonds is 11. The number of aliphatic carboxylic acids is 1. The number of methoxy groups -OCH3 is 1. The summed E-state index contributed by atoms with van der Waals surface area (Å²) in [6.45, 7) is 3.85. The Balaban J connectivity index is 3.27. The predicted molar refractivity (Wildman–Crippen MR) is 63.1 cm³/mol. The van der Waals surface area contributed by atoms with Crippen molar-refractivity contribution in [2.24, 2.45) is 0 Å². The summed E-state index contributed by atoms with van der Waals surface area (Å²) < 4.78 is 10.1. The van der Waals surface area contributed by atoms with E-state index in [1.807, 2.05) is 0 Å². The molecule has 0 amide bonds. The van der Waals surface area contributed by atoms with Crippen molar-refractivity contribution in [1.82, 2.24) is 5.32 Å². The fourth-order valence-corrected chi connectivity index (χ4v) is 1.11. The Morgan fingerprint density at radius 2 is 2.00 bits per heavy atom. The molecule has 0 aliphatic rings. The van der Waals surface area contributed by atoms with Crippen LogP contribution in [-0.2, 0) is 14.3 Å². The summed E-state index contributed by atoms with van der Waals surface area (Å²) in [4.78, 5) is 10.6. The molecule has 0 radical (unpaired) electrons. The van der Waals surface area contributed by atoms with Crippen molar-refractivity contribution < 1.29 is 24.5 Å². The number of nitrogens with one attached hydrogen (secondary N) is 1. The van der Waals surface area contributed by atoms with Crippen LogP contribution in [0.25, 0.3) is 0 Å². The predicted octanol–water partition coefficient (Wildman–Crippen LogP) is -0.145. The third-order valence-electron chi connectivity index (χ3n) is 2.25. The molecule has 0 saturated carbocycles. The van der Waals surface area contributed by atoms with Gasteiger partial charge in [0.1, 0.15) is 0 Å². The lowest BCUT2D eigenvalue weighted by Crippen LogP contribution is -2.45. The van der Waals surface area contributed by atoms with Gasteiger partial charge in [-0.2, -0.15) is 0 Å². The quantitative estimate of drug-likeness (QED) is 0.442. The second-order valence-electron chi connectivity index (χ2n) is 4.07. The number of carboxylic acids is 1. The van der Waals surface area contributed by atoms with Crippen LogP contribution in [0.2, 0.25) is 0 Å². The molecule has 3 N–H and O–H groups in total. The maximum absolute atomic E-state index is 10.6. The molecule has 0 aromatic heterocycles. The van der Waals surface area contributed by atoms with Crippen molar-refractivity contribution >= 4 is 5.97 Å². The fourth-order valence-electron chi connectivity index (χ4n) is 1.11. The van der Waals surface area contributed by atoms with Gasteiger partial charge in [0.2, 0.25) is 0 Å². The molecule has 0 aliphatic carbocycles. The second-order valence-corrected chi connectivity index (χ2v) is 4.07. The lowest BCUT2D eigenvalue weighted by Gasteiger charge is -2.18. The molecule has 0 fully saturated rings. The van der Waals surface area contributed by atoms with Gasteiger partial charge < -0.3 is 25.0 Å². The topological polar surface area (TPSA) is 88.0 Å². The molecular formula is C11H23NO5. The molecule has 0 rings (SSSR count). The van der Waals surface area contributed by atoms with E-state index < -0.39 is 11.6 Å². The normalized spacial score (nSPS) is 14.5. The van der Waals surface area contributed by atoms with Gasteiger partial charge in [0, 0.05) is 20.3 Å². The van der Waals surface area contributed by atoms with Gasteiger partial charge in [-0.3, -0.25) is 0 Å². The van der Waals surface area contributed by atoms with E-state index in [1.54, 1.807) is 7.11 Å². The highest BCUT2D eigenvalue weighted by Gasteiger charge is 2.28. The molecule has 0 aromatic rings. The smallest absolute Gasteiger partial charge is 0.336 e. The van der Waals surface area contributed by atoms with Crippen molar-refractivity contribution in [2.45, 2.75) is 25.4 Å². The van der Waals surface area contributed by atoms with Gasteiger partial charge in [-0.1, -0.05) is 0 Å². The molecule has 6 heteroatoms. The Morgan fingerprint density at radius 1 is 1.29 bits per heavy atom. The highest BCUT2D eigenvalue weighted by Crippen LogP contribution is 2.00. The van der Waals surface area contributed by atoms with Crippen LogP contribution in [0.5, 0.6) is 0 Å². The Morgan fingerprint density at radius 3 is 2.59 bits per heavy atom. The zero-order valence-corrected chi connectivity index (χ0v) is 10.6. The first-order valence-electron chi connectivity index (χ1n) is 5.74. The Bertz CT molecular complexity index is 208. The Kier molecular flexibility index (Phi) is 8.97. The first kappa shape index (κ1) is 16.3. The van der Waals surface area contributed by atoms with E-state index in [2.05, 4.69) is 5.32 Å². The molecule has 0 aliphatic heterocycles. The number of ether oxygens (including phenoxy) is 2. The summed E-state index contributed by atoms with van der Waals surface area (Å²) in [5.74, 6) is -1.21. The number of unbranched alkanes of at least 4 members (excludes halogenated alkanes) is 1. The molecule has 0 bridgehead atoms. The average Bonchev–Trinajstić information content (AvgIpc) is 2.26. The first-order valence-corrected chi connectivity index (χ1v) is 5.74. The van der Waals surface area contributed by atoms with Gasteiger partial charge in [0.15, 0.2) is 5.60 Å². The third-order valence-corrected chi connectivity index (χ3v) is 2.25. The van der Waals surface area contributed by atoms with Crippen LogP contribution in [0.3, 0.4) is 0 Å². The van der Waals surface area contributed by atoms with E-state index in [1.165, 1.54) is 6.92 Å². The van der Waals surface area contributed by atoms with E-state index >= 15 is 0 Å². The zero-order chi connectivity index (χ0) is 13.1. The van der Waals surface area contributed by atoms with Crippen LogP contribution in [-0.4, -0.2) is 61.8 Å². The van der Waals surface area contributed by atoms with E-state index in [4.69, 9.17) is 14.6 Å². The van der Waals surface area contributed by atoms with Crippen molar-refractivity contribution in [1.29, 1.82) is 0 Å². The van der Waals surface area contributed by atoms with Crippen molar-refractivity contribution in [3.63, 3.8) is 0 Å². The van der Waals surface area contributed by atoms with E-state index in [0.717, 1.165) is 12.8 Å². The first-order chi connectivity index (χ1) is 8.00. The third kappa shape index (κ3) is 9.05. The summed E-state index contributed by atoms with van der Waals surface area (Å²) in [5, 5.41) is 20.9. The number of aliphatic hydroxyl groups is 1. The molecule has 1 atom stereocenters. The van der Waals surface area contributed by atoms with Crippen LogP contribution in [0, 0.1) is 0 Å². The Labute approximate surface area is 102 Å². The standard InChI is InChI=1S/C11H23NO5/c1-11(15,10(13)14)9-12-5-3-4-6-17-8-7-16-2/h12,15H,3-9H2,1-2H3,(H,13,14). The van der Waals surface area contributed by atoms with Gasteiger partial charge in [-0.05, 0) is 26.3 Å². The molecular weight excluding hydrogens is 226 g/mol. The lowest BCUT2D eigenvalue weighted by molar-refractivity contribution is -0.156. The minimum absolute atomic E-state index is 0.0485. The van der Waals surface area contributed by atoms with Crippen LogP contribution >= 0.6 is 0 Å². The molecule has 0 aromatic carbocycles. The van der Waals surface area contributed by atoms with Gasteiger partial charge in [-0.15, -0.1) is 0 Å². The molecule has 17 heavy (non-hydrogen) atoms. The monoisotopic (exact) mass is 249 g/mol. The number of hydrogen-bond donors (Lipinski definition) is 3. The van der Waals surface area contributed by atoms with Crippen LogP contribution in [0.4, 0.5) is 0 Å². The molecule has 0 heterocycles. The average molecular weight is 249 g/mol. The van der Waals surface area contributed by atoms with Gasteiger partial charge in [0.05, 0.1) is 13.2 Å². The maximum atomic E-state index is 10.6. The summed E-state index contributed by atoms with van der Waals surface area (Å²) in [5.41, 5.74) is -1.70. The summed E-state index contributed by atoms with van der Waals surface area (Å²) in [6, 6.07) is 0. The van der Waals surface area contributed by atoms with Crippen LogP contribution < -0.4 is 5.32 Å². The lowest BCUT2D eigenvalue weighted by atomic mass is 10.1. The van der Waals surface area contributed by atoms with Crippen LogP contribution in [0.15, 0.2) is 0 Å². The summed E-state index contributed by atoms with van der Waals surface area (Å²) in [7, 11) is 1.63. The highest BCUT2D eigenvalue weighted by atomic mass is 16.5. The molecule has 6 nitrogen and oxygen atoms in total. The second kappa shape index (κ2) is 9.35. The van der Waals surface area contributed by atoms with E-state index in [0.29, 0.717) is 26.4 Å². The van der Waals surface area contributed by atoms with Gasteiger partial charge in [-0.25, -0.2) is 4.79 Å². The highest BCUT2D eigenvalue weighted by molar-refractivity contribution is 5.76. The minimum atomic E-state index is -1.70. The minimum Gasteiger partial charge on any atom is -0.479 e. The number of carbonyl (C=O) groups is 1. The largest absolute Gasteiger partial charge is 0.479 e. The molecule has 102 valence electrons. The fraction of sp³-hybridized carbons (Fsp3) is 0.909. The van der Waals surface area contributed by atoms with E-state index in [9.17, 15) is 9.90 Å². The molecule has 0 spiro atoms. The maximum Gasteiger partial charge on any atom is 0.336 e. The van der Waals surface area contributed by atoms with Crippen molar-refractivity contribution in [3.05, 3.63) is 0 Å². The van der Waals surface area contributed by atoms with Crippen LogP contribution in [0.1, 0.15) is 19.8 Å². The molecule has 1 unspecified atom stereocenters. The van der Waals surface area contributed by atoms with Gasteiger partial charge in [0.25, 0.3) is 0 Å².